The lowest BCUT2D eigenvalue weighted by Gasteiger charge is -2.10. The van der Waals surface area contributed by atoms with Gasteiger partial charge in [0, 0.05) is 12.5 Å². The van der Waals surface area contributed by atoms with Crippen LogP contribution in [0.4, 0.5) is 0 Å². The smallest absolute Gasteiger partial charge is 0.222 e. The van der Waals surface area contributed by atoms with Crippen LogP contribution in [0.2, 0.25) is 0 Å². The third-order valence-electron chi connectivity index (χ3n) is 2.63. The minimum atomic E-state index is -2.94. The van der Waals surface area contributed by atoms with Gasteiger partial charge in [0.05, 0.1) is 18.1 Å². The summed E-state index contributed by atoms with van der Waals surface area (Å²) in [6.45, 7) is 0.450. The molecule has 17 heavy (non-hydrogen) atoms. The number of nitrogens with zero attached hydrogens (tertiary/aromatic N) is 3. The molecule has 0 spiro atoms. The minimum absolute atomic E-state index is 0.0576. The Morgan fingerprint density at radius 1 is 1.53 bits per heavy atom. The van der Waals surface area contributed by atoms with Crippen LogP contribution in [-0.4, -0.2) is 46.6 Å². The van der Waals surface area contributed by atoms with Crippen LogP contribution >= 0.6 is 0 Å². The molecule has 2 rings (SSSR count). The summed E-state index contributed by atoms with van der Waals surface area (Å²) in [5, 5.41) is 6.59. The minimum Gasteiger partial charge on any atom is -0.352 e. The van der Waals surface area contributed by atoms with Crippen molar-refractivity contribution < 1.29 is 13.2 Å². The second kappa shape index (κ2) is 4.82. The van der Waals surface area contributed by atoms with Gasteiger partial charge in [-0.3, -0.25) is 9.48 Å². The van der Waals surface area contributed by atoms with E-state index in [0.29, 0.717) is 13.0 Å². The lowest BCUT2D eigenvalue weighted by Crippen LogP contribution is -2.36. The van der Waals surface area contributed by atoms with Crippen molar-refractivity contribution in [2.24, 2.45) is 0 Å². The predicted molar refractivity (Wildman–Crippen MR) is 59.8 cm³/mol. The molecular formula is C9H14N4O3S. The summed E-state index contributed by atoms with van der Waals surface area (Å²) in [6, 6.07) is -0.233. The van der Waals surface area contributed by atoms with E-state index in [4.69, 9.17) is 0 Å². The first-order valence-electron chi connectivity index (χ1n) is 5.37. The summed E-state index contributed by atoms with van der Waals surface area (Å²) in [7, 11) is -2.94. The lowest BCUT2D eigenvalue weighted by molar-refractivity contribution is -0.121. The first kappa shape index (κ1) is 12.0. The fraction of sp³-hybridized carbons (Fsp3) is 0.667. The standard InChI is InChI=1S/C9H14N4O3S/c14-9(1-3-13-7-10-6-11-13)12-8-2-4-17(15,16)5-8/h6-8H,1-5H2,(H,12,14)/t8-/m0/s1. The number of nitrogens with one attached hydrogen (secondary N) is 1. The topological polar surface area (TPSA) is 93.9 Å². The molecule has 2 heterocycles. The van der Waals surface area contributed by atoms with Crippen molar-refractivity contribution in [3.8, 4) is 0 Å². The fourth-order valence-electron chi connectivity index (χ4n) is 1.77. The van der Waals surface area contributed by atoms with E-state index in [1.54, 1.807) is 4.68 Å². The quantitative estimate of drug-likeness (QED) is 0.745. The average Bonchev–Trinajstić information content (AvgIpc) is 2.85. The van der Waals surface area contributed by atoms with Gasteiger partial charge in [0.15, 0.2) is 9.84 Å². The largest absolute Gasteiger partial charge is 0.352 e. The van der Waals surface area contributed by atoms with Gasteiger partial charge in [-0.25, -0.2) is 13.4 Å². The van der Waals surface area contributed by atoms with Gasteiger partial charge < -0.3 is 5.32 Å². The van der Waals surface area contributed by atoms with E-state index in [1.165, 1.54) is 12.7 Å². The first-order valence-corrected chi connectivity index (χ1v) is 7.19. The van der Waals surface area contributed by atoms with Crippen LogP contribution in [0.15, 0.2) is 12.7 Å². The van der Waals surface area contributed by atoms with Gasteiger partial charge in [0.1, 0.15) is 12.7 Å². The number of hydrogen-bond donors (Lipinski definition) is 1. The number of carbonyl (C=O) groups is 1. The molecule has 7 nitrogen and oxygen atoms in total. The monoisotopic (exact) mass is 258 g/mol. The van der Waals surface area contributed by atoms with E-state index in [9.17, 15) is 13.2 Å². The Morgan fingerprint density at radius 2 is 2.35 bits per heavy atom. The molecule has 1 saturated heterocycles. The predicted octanol–water partition coefficient (Wildman–Crippen LogP) is -1.03. The maximum Gasteiger partial charge on any atom is 0.222 e. The molecule has 1 aromatic heterocycles. The molecule has 0 aromatic carbocycles. The Bertz CT molecular complexity index is 482. The van der Waals surface area contributed by atoms with Gasteiger partial charge in [-0.15, -0.1) is 0 Å². The molecule has 1 aliphatic heterocycles. The van der Waals surface area contributed by atoms with E-state index < -0.39 is 9.84 Å². The van der Waals surface area contributed by atoms with Crippen LogP contribution in [0.1, 0.15) is 12.8 Å². The highest BCUT2D eigenvalue weighted by molar-refractivity contribution is 7.91. The summed E-state index contributed by atoms with van der Waals surface area (Å²) in [5.74, 6) is 0.0749. The Hall–Kier alpha value is -1.44. The number of rotatable bonds is 4. The number of hydrogen-bond acceptors (Lipinski definition) is 5. The summed E-state index contributed by atoms with van der Waals surface area (Å²) in [6.07, 6.45) is 3.73. The van der Waals surface area contributed by atoms with E-state index >= 15 is 0 Å². The molecule has 0 saturated carbocycles. The highest BCUT2D eigenvalue weighted by Gasteiger charge is 2.28. The Morgan fingerprint density at radius 3 is 2.94 bits per heavy atom. The molecule has 1 amide bonds. The molecule has 0 aliphatic carbocycles. The number of amides is 1. The molecule has 1 aromatic rings. The maximum absolute atomic E-state index is 11.5. The average molecular weight is 258 g/mol. The van der Waals surface area contributed by atoms with Crippen molar-refractivity contribution in [3.05, 3.63) is 12.7 Å². The van der Waals surface area contributed by atoms with Crippen molar-refractivity contribution in [2.75, 3.05) is 11.5 Å². The molecule has 94 valence electrons. The van der Waals surface area contributed by atoms with Crippen molar-refractivity contribution in [2.45, 2.75) is 25.4 Å². The van der Waals surface area contributed by atoms with Gasteiger partial charge in [-0.2, -0.15) is 5.10 Å². The zero-order valence-corrected chi connectivity index (χ0v) is 10.1. The molecule has 1 fully saturated rings. The molecule has 1 atom stereocenters. The molecule has 1 aliphatic rings. The van der Waals surface area contributed by atoms with Crippen LogP contribution in [0.25, 0.3) is 0 Å². The summed E-state index contributed by atoms with van der Waals surface area (Å²) in [5.41, 5.74) is 0. The zero-order chi connectivity index (χ0) is 12.3. The van der Waals surface area contributed by atoms with Gasteiger partial charge in [0.2, 0.25) is 5.91 Å². The maximum atomic E-state index is 11.5. The van der Waals surface area contributed by atoms with Crippen molar-refractivity contribution in [1.82, 2.24) is 20.1 Å². The van der Waals surface area contributed by atoms with Gasteiger partial charge in [0.25, 0.3) is 0 Å². The number of aryl methyl sites for hydroxylation is 1. The summed E-state index contributed by atoms with van der Waals surface area (Å²) < 4.78 is 23.9. The third kappa shape index (κ3) is 3.52. The van der Waals surface area contributed by atoms with Crippen LogP contribution in [0.5, 0.6) is 0 Å². The fourth-order valence-corrected chi connectivity index (χ4v) is 3.45. The summed E-state index contributed by atoms with van der Waals surface area (Å²) >= 11 is 0. The molecule has 0 radical (unpaired) electrons. The molecule has 0 bridgehead atoms. The third-order valence-corrected chi connectivity index (χ3v) is 4.40. The number of aromatic nitrogens is 3. The highest BCUT2D eigenvalue weighted by Crippen LogP contribution is 2.11. The van der Waals surface area contributed by atoms with Crippen LogP contribution < -0.4 is 5.32 Å². The van der Waals surface area contributed by atoms with E-state index in [2.05, 4.69) is 15.4 Å². The van der Waals surface area contributed by atoms with Crippen LogP contribution in [0, 0.1) is 0 Å². The van der Waals surface area contributed by atoms with E-state index in [0.717, 1.165) is 0 Å². The zero-order valence-electron chi connectivity index (χ0n) is 9.24. The van der Waals surface area contributed by atoms with Crippen molar-refractivity contribution >= 4 is 15.7 Å². The van der Waals surface area contributed by atoms with Crippen LogP contribution in [0.3, 0.4) is 0 Å². The number of carbonyl (C=O) groups excluding carboxylic acids is 1. The van der Waals surface area contributed by atoms with Crippen molar-refractivity contribution in [3.63, 3.8) is 0 Å². The SMILES string of the molecule is O=C(CCn1cncn1)N[C@H]1CCS(=O)(=O)C1. The Labute approximate surface area is 99.1 Å². The second-order valence-corrected chi connectivity index (χ2v) is 6.30. The van der Waals surface area contributed by atoms with Gasteiger partial charge >= 0.3 is 0 Å². The Kier molecular flexibility index (Phi) is 3.41. The van der Waals surface area contributed by atoms with E-state index in [1.807, 2.05) is 0 Å². The van der Waals surface area contributed by atoms with Crippen LogP contribution in [-0.2, 0) is 21.2 Å². The molecule has 0 unspecified atom stereocenters. The van der Waals surface area contributed by atoms with Gasteiger partial charge in [-0.05, 0) is 6.42 Å². The normalized spacial score (nSPS) is 22.5. The second-order valence-electron chi connectivity index (χ2n) is 4.08. The molecular weight excluding hydrogens is 244 g/mol. The number of sulfone groups is 1. The lowest BCUT2D eigenvalue weighted by atomic mass is 10.2. The first-order chi connectivity index (χ1) is 8.05. The molecule has 8 heteroatoms. The van der Waals surface area contributed by atoms with Crippen molar-refractivity contribution in [1.29, 1.82) is 0 Å². The molecule has 1 N–H and O–H groups in total. The van der Waals surface area contributed by atoms with E-state index in [-0.39, 0.29) is 29.9 Å². The highest BCUT2D eigenvalue weighted by atomic mass is 32.2. The van der Waals surface area contributed by atoms with Gasteiger partial charge in [-0.1, -0.05) is 0 Å². The summed E-state index contributed by atoms with van der Waals surface area (Å²) in [4.78, 5) is 15.3. The Balaban J connectivity index is 1.75.